The van der Waals surface area contributed by atoms with E-state index in [9.17, 15) is 9.59 Å². The van der Waals surface area contributed by atoms with Crippen LogP contribution in [0.4, 0.5) is 5.13 Å². The average molecular weight is 305 g/mol. The lowest BCUT2D eigenvalue weighted by atomic mass is 10.2. The summed E-state index contributed by atoms with van der Waals surface area (Å²) in [7, 11) is 1.33. The van der Waals surface area contributed by atoms with Gasteiger partial charge in [0.15, 0.2) is 5.13 Å². The molecule has 1 saturated carbocycles. The van der Waals surface area contributed by atoms with Gasteiger partial charge in [-0.25, -0.2) is 9.78 Å². The van der Waals surface area contributed by atoms with Crippen molar-refractivity contribution in [3.63, 3.8) is 0 Å². The lowest BCUT2D eigenvalue weighted by Gasteiger charge is -1.98. The molecule has 0 aliphatic heterocycles. The second-order valence-corrected chi connectivity index (χ2v) is 6.00. The number of aromatic nitrogens is 2. The van der Waals surface area contributed by atoms with Crippen molar-refractivity contribution in [2.45, 2.75) is 13.3 Å². The molecule has 0 unspecified atom stereocenters. The second kappa shape index (κ2) is 5.33. The highest BCUT2D eigenvalue weighted by Gasteiger charge is 2.39. The molecule has 110 valence electrons. The van der Waals surface area contributed by atoms with Crippen molar-refractivity contribution in [2.24, 2.45) is 11.8 Å². The number of anilines is 1. The zero-order chi connectivity index (χ0) is 15.0. The number of amides is 1. The Bertz CT molecular complexity index is 691. The number of carbonyl (C=O) groups is 2. The molecule has 1 amide bonds. The average Bonchev–Trinajstić information content (AvgIpc) is 2.90. The van der Waals surface area contributed by atoms with Crippen LogP contribution in [0, 0.1) is 11.8 Å². The minimum atomic E-state index is -0.423. The number of ether oxygens (including phenoxy) is 1. The highest BCUT2D eigenvalue weighted by molar-refractivity contribution is 7.14. The molecule has 2 heterocycles. The summed E-state index contributed by atoms with van der Waals surface area (Å²) in [4.78, 5) is 30.5. The predicted octanol–water partition coefficient (Wildman–Crippen LogP) is 2.52. The summed E-state index contributed by atoms with van der Waals surface area (Å²) in [5.74, 6) is 0.202. The Morgan fingerprint density at radius 2 is 2.29 bits per heavy atom. The molecule has 2 atom stereocenters. The quantitative estimate of drug-likeness (QED) is 0.850. The van der Waals surface area contributed by atoms with E-state index in [0.717, 1.165) is 12.0 Å². The Hall–Kier alpha value is -2.15. The number of H-pyrrole nitrogens is 1. The molecule has 1 aliphatic rings. The largest absolute Gasteiger partial charge is 0.464 e. The first-order valence-electron chi connectivity index (χ1n) is 6.62. The Labute approximate surface area is 125 Å². The number of methoxy groups -OCH3 is 1. The van der Waals surface area contributed by atoms with Crippen LogP contribution in [0.5, 0.6) is 0 Å². The zero-order valence-corrected chi connectivity index (χ0v) is 12.5. The van der Waals surface area contributed by atoms with Gasteiger partial charge in [0.2, 0.25) is 5.91 Å². The van der Waals surface area contributed by atoms with Gasteiger partial charge in [-0.1, -0.05) is 6.92 Å². The summed E-state index contributed by atoms with van der Waals surface area (Å²) >= 11 is 1.37. The predicted molar refractivity (Wildman–Crippen MR) is 79.1 cm³/mol. The minimum absolute atomic E-state index is 0.0349. The molecule has 2 aromatic rings. The highest BCUT2D eigenvalue weighted by Crippen LogP contribution is 2.38. The molecule has 2 aromatic heterocycles. The van der Waals surface area contributed by atoms with Crippen LogP contribution in [0.3, 0.4) is 0 Å². The molecule has 0 spiro atoms. The van der Waals surface area contributed by atoms with Crippen LogP contribution in [0.15, 0.2) is 17.6 Å². The molecule has 2 N–H and O–H groups in total. The minimum Gasteiger partial charge on any atom is -0.464 e. The number of hydrogen-bond acceptors (Lipinski definition) is 5. The van der Waals surface area contributed by atoms with E-state index in [1.807, 2.05) is 5.38 Å². The van der Waals surface area contributed by atoms with Crippen LogP contribution in [0.25, 0.3) is 11.3 Å². The van der Waals surface area contributed by atoms with Crippen molar-refractivity contribution in [1.82, 2.24) is 9.97 Å². The first kappa shape index (κ1) is 13.8. The second-order valence-electron chi connectivity index (χ2n) is 5.14. The van der Waals surface area contributed by atoms with Gasteiger partial charge < -0.3 is 15.0 Å². The fourth-order valence-corrected chi connectivity index (χ4v) is 2.84. The third-order valence-corrected chi connectivity index (χ3v) is 4.32. The number of nitrogens with zero attached hydrogens (tertiary/aromatic N) is 1. The topological polar surface area (TPSA) is 84.1 Å². The third-order valence-electron chi connectivity index (χ3n) is 3.56. The first-order chi connectivity index (χ1) is 10.1. The van der Waals surface area contributed by atoms with Gasteiger partial charge in [-0.3, -0.25) is 4.79 Å². The fourth-order valence-electron chi connectivity index (χ4n) is 2.12. The van der Waals surface area contributed by atoms with E-state index < -0.39 is 5.97 Å². The molecule has 3 rings (SSSR count). The molecule has 0 saturated heterocycles. The molecule has 21 heavy (non-hydrogen) atoms. The van der Waals surface area contributed by atoms with Crippen molar-refractivity contribution in [3.8, 4) is 11.3 Å². The number of carbonyl (C=O) groups excluding carboxylic acids is 2. The van der Waals surface area contributed by atoms with Crippen molar-refractivity contribution in [1.29, 1.82) is 0 Å². The maximum absolute atomic E-state index is 11.9. The Morgan fingerprint density at radius 1 is 1.52 bits per heavy atom. The number of esters is 1. The summed E-state index contributed by atoms with van der Waals surface area (Å²) in [6, 6.07) is 1.68. The summed E-state index contributed by atoms with van der Waals surface area (Å²) in [6.07, 6.45) is 2.64. The van der Waals surface area contributed by atoms with E-state index in [0.29, 0.717) is 22.4 Å². The van der Waals surface area contributed by atoms with Crippen molar-refractivity contribution in [2.75, 3.05) is 12.4 Å². The van der Waals surface area contributed by atoms with Gasteiger partial charge in [-0.05, 0) is 18.4 Å². The normalized spacial score (nSPS) is 20.1. The molecule has 6 nitrogen and oxygen atoms in total. The van der Waals surface area contributed by atoms with Crippen LogP contribution in [0.1, 0.15) is 23.8 Å². The number of rotatable bonds is 4. The van der Waals surface area contributed by atoms with E-state index in [2.05, 4.69) is 26.9 Å². The molecule has 7 heteroatoms. The molecule has 1 aliphatic carbocycles. The highest BCUT2D eigenvalue weighted by atomic mass is 32.1. The number of nitrogens with one attached hydrogen (secondary N) is 2. The van der Waals surface area contributed by atoms with Gasteiger partial charge in [0.1, 0.15) is 5.69 Å². The lowest BCUT2D eigenvalue weighted by molar-refractivity contribution is -0.117. The molecular weight excluding hydrogens is 290 g/mol. The Morgan fingerprint density at radius 3 is 2.95 bits per heavy atom. The summed E-state index contributed by atoms with van der Waals surface area (Å²) in [5.41, 5.74) is 1.87. The number of thiazole rings is 1. The number of aromatic amines is 1. The molecular formula is C14H15N3O3S. The lowest BCUT2D eigenvalue weighted by Crippen LogP contribution is -2.14. The van der Waals surface area contributed by atoms with Gasteiger partial charge in [0.05, 0.1) is 12.8 Å². The van der Waals surface area contributed by atoms with Crippen LogP contribution in [-0.4, -0.2) is 29.0 Å². The monoisotopic (exact) mass is 305 g/mol. The van der Waals surface area contributed by atoms with Gasteiger partial charge >= 0.3 is 5.97 Å². The summed E-state index contributed by atoms with van der Waals surface area (Å²) in [5, 5.41) is 5.25. The van der Waals surface area contributed by atoms with Crippen LogP contribution in [-0.2, 0) is 9.53 Å². The molecule has 0 radical (unpaired) electrons. The van der Waals surface area contributed by atoms with Gasteiger partial charge in [-0.15, -0.1) is 11.3 Å². The van der Waals surface area contributed by atoms with Crippen molar-refractivity contribution in [3.05, 3.63) is 23.3 Å². The smallest absolute Gasteiger partial charge is 0.354 e. The molecule has 0 bridgehead atoms. The third kappa shape index (κ3) is 2.82. The van der Waals surface area contributed by atoms with E-state index in [1.54, 1.807) is 12.3 Å². The van der Waals surface area contributed by atoms with E-state index in [1.165, 1.54) is 18.4 Å². The van der Waals surface area contributed by atoms with Gasteiger partial charge in [0, 0.05) is 23.1 Å². The maximum Gasteiger partial charge on any atom is 0.354 e. The van der Waals surface area contributed by atoms with Crippen molar-refractivity contribution < 1.29 is 14.3 Å². The summed E-state index contributed by atoms with van der Waals surface area (Å²) in [6.45, 7) is 2.06. The van der Waals surface area contributed by atoms with E-state index >= 15 is 0 Å². The Balaban J connectivity index is 1.71. The van der Waals surface area contributed by atoms with Gasteiger partial charge in [0.25, 0.3) is 0 Å². The molecule has 0 aromatic carbocycles. The summed E-state index contributed by atoms with van der Waals surface area (Å²) < 4.78 is 4.64. The zero-order valence-electron chi connectivity index (χ0n) is 11.7. The fraction of sp³-hybridized carbons (Fsp3) is 0.357. The SMILES string of the molecule is COC(=O)c1cc(-c2csc(NC(=O)[C@H]3C[C@H]3C)n2)c[nH]1. The maximum atomic E-state index is 11.9. The van der Waals surface area contributed by atoms with Gasteiger partial charge in [-0.2, -0.15) is 0 Å². The van der Waals surface area contributed by atoms with Crippen LogP contribution >= 0.6 is 11.3 Å². The van der Waals surface area contributed by atoms with Crippen LogP contribution in [0.2, 0.25) is 0 Å². The van der Waals surface area contributed by atoms with E-state index in [4.69, 9.17) is 0 Å². The number of hydrogen-bond donors (Lipinski definition) is 2. The van der Waals surface area contributed by atoms with Crippen LogP contribution < -0.4 is 5.32 Å². The van der Waals surface area contributed by atoms with Crippen molar-refractivity contribution >= 4 is 28.3 Å². The van der Waals surface area contributed by atoms with E-state index in [-0.39, 0.29) is 11.8 Å². The standard InChI is InChI=1S/C14H15N3O3S/c1-7-3-9(7)12(18)17-14-16-11(6-21-14)8-4-10(15-5-8)13(19)20-2/h4-7,9,15H,3H2,1-2H3,(H,16,17,18)/t7-,9+/m1/s1. The first-order valence-corrected chi connectivity index (χ1v) is 7.50. The Kier molecular flexibility index (Phi) is 3.50. The molecule has 1 fully saturated rings.